The van der Waals surface area contributed by atoms with Crippen LogP contribution in [0.1, 0.15) is 15.6 Å². The van der Waals surface area contributed by atoms with Crippen LogP contribution in [-0.2, 0) is 11.3 Å². The highest BCUT2D eigenvalue weighted by Gasteiger charge is 2.07. The van der Waals surface area contributed by atoms with Crippen molar-refractivity contribution in [2.45, 2.75) is 20.4 Å². The number of aromatic nitrogens is 1. The Kier molecular flexibility index (Phi) is 8.76. The molecule has 3 N–H and O–H groups in total. The number of guanidine groups is 1. The number of hydrogen-bond acceptors (Lipinski definition) is 4. The summed E-state index contributed by atoms with van der Waals surface area (Å²) in [5.41, 5.74) is 1.54. The van der Waals surface area contributed by atoms with Crippen molar-refractivity contribution in [1.29, 1.82) is 0 Å². The summed E-state index contributed by atoms with van der Waals surface area (Å²) in [4.78, 5) is 21.5. The number of carbonyl (C=O) groups is 1. The predicted octanol–water partition coefficient (Wildman–Crippen LogP) is 2.82. The first-order chi connectivity index (χ1) is 11.5. The molecule has 0 fully saturated rings. The molecule has 9 heteroatoms. The fourth-order valence-corrected chi connectivity index (χ4v) is 2.90. The van der Waals surface area contributed by atoms with Crippen LogP contribution in [0.2, 0.25) is 0 Å². The summed E-state index contributed by atoms with van der Waals surface area (Å²) in [5, 5.41) is 9.78. The molecule has 2 rings (SSSR count). The van der Waals surface area contributed by atoms with Crippen molar-refractivity contribution < 1.29 is 9.18 Å². The molecule has 25 heavy (non-hydrogen) atoms. The first kappa shape index (κ1) is 21.3. The van der Waals surface area contributed by atoms with Gasteiger partial charge in [-0.15, -0.1) is 35.3 Å². The fourth-order valence-electron chi connectivity index (χ4n) is 2.02. The maximum atomic E-state index is 12.8. The molecule has 1 aromatic carbocycles. The number of halogens is 2. The smallest absolute Gasteiger partial charge is 0.243 e. The van der Waals surface area contributed by atoms with Gasteiger partial charge in [-0.25, -0.2) is 9.37 Å². The largest absolute Gasteiger partial charge is 0.351 e. The average molecular weight is 477 g/mol. The maximum absolute atomic E-state index is 12.8. The van der Waals surface area contributed by atoms with Crippen molar-refractivity contribution in [2.24, 2.45) is 4.99 Å². The third-order valence-electron chi connectivity index (χ3n) is 3.18. The van der Waals surface area contributed by atoms with Gasteiger partial charge in [0.15, 0.2) is 5.96 Å². The lowest BCUT2D eigenvalue weighted by Gasteiger charge is -2.11. The van der Waals surface area contributed by atoms with Crippen LogP contribution in [0.4, 0.5) is 10.1 Å². The molecule has 0 saturated carbocycles. The molecule has 1 aromatic heterocycles. The predicted molar refractivity (Wildman–Crippen MR) is 110 cm³/mol. The lowest BCUT2D eigenvalue weighted by Crippen LogP contribution is -2.41. The molecule has 0 unspecified atom stereocenters. The minimum Gasteiger partial charge on any atom is -0.351 e. The zero-order valence-corrected chi connectivity index (χ0v) is 17.4. The number of rotatable bonds is 5. The molecule has 2 aromatic rings. The maximum Gasteiger partial charge on any atom is 0.243 e. The summed E-state index contributed by atoms with van der Waals surface area (Å²) in [6, 6.07) is 5.61. The van der Waals surface area contributed by atoms with Gasteiger partial charge in [-0.3, -0.25) is 9.79 Å². The van der Waals surface area contributed by atoms with Crippen molar-refractivity contribution >= 4 is 52.9 Å². The van der Waals surface area contributed by atoms with Gasteiger partial charge in [-0.2, -0.15) is 0 Å². The minimum atomic E-state index is -0.343. The number of hydrogen-bond donors (Lipinski definition) is 3. The Morgan fingerprint density at radius 3 is 2.48 bits per heavy atom. The molecule has 0 spiro atoms. The van der Waals surface area contributed by atoms with Gasteiger partial charge >= 0.3 is 0 Å². The van der Waals surface area contributed by atoms with Gasteiger partial charge in [0.05, 0.1) is 23.8 Å². The summed E-state index contributed by atoms with van der Waals surface area (Å²) in [7, 11) is 1.64. The Hall–Kier alpha value is -1.75. The Morgan fingerprint density at radius 1 is 1.24 bits per heavy atom. The number of amides is 1. The van der Waals surface area contributed by atoms with Crippen molar-refractivity contribution in [3.05, 3.63) is 45.7 Å². The van der Waals surface area contributed by atoms with E-state index in [0.717, 1.165) is 15.6 Å². The highest BCUT2D eigenvalue weighted by atomic mass is 127. The number of benzene rings is 1. The van der Waals surface area contributed by atoms with Gasteiger partial charge in [-0.05, 0) is 38.1 Å². The molecule has 0 aliphatic carbocycles. The summed E-state index contributed by atoms with van der Waals surface area (Å²) in [5.74, 6) is -0.0617. The molecule has 136 valence electrons. The SMILES string of the molecule is CN=C(NCC(=O)Nc1ccc(F)cc1)NCc1sc(C)nc1C.I. The number of aryl methyl sites for hydroxylation is 2. The minimum absolute atomic E-state index is 0. The summed E-state index contributed by atoms with van der Waals surface area (Å²) in [6.45, 7) is 4.58. The number of nitrogens with one attached hydrogen (secondary N) is 3. The van der Waals surface area contributed by atoms with Crippen LogP contribution >= 0.6 is 35.3 Å². The number of aliphatic imine (C=N–C) groups is 1. The summed E-state index contributed by atoms with van der Waals surface area (Å²) in [6.07, 6.45) is 0. The average Bonchev–Trinajstić information content (AvgIpc) is 2.87. The van der Waals surface area contributed by atoms with Crippen LogP contribution in [0, 0.1) is 19.7 Å². The van der Waals surface area contributed by atoms with E-state index in [0.29, 0.717) is 18.2 Å². The zero-order chi connectivity index (χ0) is 17.5. The van der Waals surface area contributed by atoms with E-state index in [9.17, 15) is 9.18 Å². The highest BCUT2D eigenvalue weighted by Crippen LogP contribution is 2.16. The summed E-state index contributed by atoms with van der Waals surface area (Å²) < 4.78 is 12.8. The third-order valence-corrected chi connectivity index (χ3v) is 4.26. The molecular formula is C16H21FIN5OS. The van der Waals surface area contributed by atoms with Gasteiger partial charge in [0, 0.05) is 17.6 Å². The van der Waals surface area contributed by atoms with E-state index in [4.69, 9.17) is 0 Å². The number of carbonyl (C=O) groups excluding carboxylic acids is 1. The van der Waals surface area contributed by atoms with Crippen LogP contribution in [0.15, 0.2) is 29.3 Å². The topological polar surface area (TPSA) is 78.4 Å². The van der Waals surface area contributed by atoms with E-state index in [1.54, 1.807) is 18.4 Å². The Labute approximate surface area is 167 Å². The number of nitrogens with zero attached hydrogens (tertiary/aromatic N) is 2. The Balaban J connectivity index is 0.00000312. The van der Waals surface area contributed by atoms with E-state index >= 15 is 0 Å². The lowest BCUT2D eigenvalue weighted by molar-refractivity contribution is -0.115. The van der Waals surface area contributed by atoms with Crippen LogP contribution in [0.25, 0.3) is 0 Å². The second-order valence-electron chi connectivity index (χ2n) is 5.08. The monoisotopic (exact) mass is 477 g/mol. The quantitative estimate of drug-likeness (QED) is 0.352. The van der Waals surface area contributed by atoms with Crippen LogP contribution in [0.5, 0.6) is 0 Å². The first-order valence-electron chi connectivity index (χ1n) is 7.40. The third kappa shape index (κ3) is 6.94. The Morgan fingerprint density at radius 2 is 1.92 bits per heavy atom. The molecule has 0 aliphatic rings. The van der Waals surface area contributed by atoms with Crippen molar-refractivity contribution in [3.8, 4) is 0 Å². The highest BCUT2D eigenvalue weighted by molar-refractivity contribution is 14.0. The molecule has 0 bridgehead atoms. The van der Waals surface area contributed by atoms with Gasteiger partial charge < -0.3 is 16.0 Å². The molecule has 1 amide bonds. The van der Waals surface area contributed by atoms with E-state index in [1.165, 1.54) is 24.3 Å². The van der Waals surface area contributed by atoms with Gasteiger partial charge in [-0.1, -0.05) is 0 Å². The molecule has 0 aliphatic heterocycles. The van der Waals surface area contributed by atoms with Crippen LogP contribution < -0.4 is 16.0 Å². The second-order valence-corrected chi connectivity index (χ2v) is 6.36. The van der Waals surface area contributed by atoms with E-state index < -0.39 is 0 Å². The lowest BCUT2D eigenvalue weighted by atomic mass is 10.3. The fraction of sp³-hybridized carbons (Fsp3) is 0.312. The molecule has 1 heterocycles. The normalized spacial score (nSPS) is 10.8. The molecule has 0 radical (unpaired) electrons. The van der Waals surface area contributed by atoms with Crippen molar-refractivity contribution in [1.82, 2.24) is 15.6 Å². The van der Waals surface area contributed by atoms with Gasteiger partial charge in [0.25, 0.3) is 0 Å². The zero-order valence-electron chi connectivity index (χ0n) is 14.2. The van der Waals surface area contributed by atoms with Crippen molar-refractivity contribution in [3.63, 3.8) is 0 Å². The number of thiazole rings is 1. The van der Waals surface area contributed by atoms with Crippen LogP contribution in [0.3, 0.4) is 0 Å². The first-order valence-corrected chi connectivity index (χ1v) is 8.22. The molecular weight excluding hydrogens is 456 g/mol. The van der Waals surface area contributed by atoms with E-state index in [2.05, 4.69) is 25.9 Å². The van der Waals surface area contributed by atoms with Gasteiger partial charge in [0.2, 0.25) is 5.91 Å². The molecule has 6 nitrogen and oxygen atoms in total. The van der Waals surface area contributed by atoms with Crippen LogP contribution in [-0.4, -0.2) is 30.4 Å². The van der Waals surface area contributed by atoms with E-state index in [1.807, 2.05) is 13.8 Å². The second kappa shape index (κ2) is 10.3. The van der Waals surface area contributed by atoms with Crippen molar-refractivity contribution in [2.75, 3.05) is 18.9 Å². The molecule has 0 saturated heterocycles. The number of anilines is 1. The molecule has 0 atom stereocenters. The summed E-state index contributed by atoms with van der Waals surface area (Å²) >= 11 is 1.63. The van der Waals surface area contributed by atoms with E-state index in [-0.39, 0.29) is 42.2 Å². The Bertz CT molecular complexity index is 733. The standard InChI is InChI=1S/C16H20FN5OS.HI/c1-10-14(24-11(2)21-10)8-19-16(18-3)20-9-15(23)22-13-6-4-12(17)5-7-13;/h4-7H,8-9H2,1-3H3,(H,22,23)(H2,18,19,20);1H. The van der Waals surface area contributed by atoms with Gasteiger partial charge in [0.1, 0.15) is 5.82 Å².